The van der Waals surface area contributed by atoms with E-state index in [4.69, 9.17) is 5.11 Å². The predicted octanol–water partition coefficient (Wildman–Crippen LogP) is 0.113. The molecule has 0 unspecified atom stereocenters. The summed E-state index contributed by atoms with van der Waals surface area (Å²) in [6.45, 7) is 5.17. The van der Waals surface area contributed by atoms with Gasteiger partial charge in [-0.2, -0.15) is 0 Å². The normalized spacial score (nSPS) is 15.3. The highest BCUT2D eigenvalue weighted by molar-refractivity contribution is 5.85. The third-order valence-electron chi connectivity index (χ3n) is 2.97. The van der Waals surface area contributed by atoms with Gasteiger partial charge in [-0.15, -0.1) is 0 Å². The molecule has 0 aromatic carbocycles. The van der Waals surface area contributed by atoms with Gasteiger partial charge in [0.25, 0.3) is 0 Å². The lowest BCUT2D eigenvalue weighted by Gasteiger charge is -2.34. The first-order valence-electron chi connectivity index (χ1n) is 6.46. The zero-order chi connectivity index (χ0) is 14.4. The molecule has 1 rings (SSSR count). The summed E-state index contributed by atoms with van der Waals surface area (Å²) < 4.78 is 0. The zero-order valence-electron chi connectivity index (χ0n) is 11.4. The van der Waals surface area contributed by atoms with Crippen LogP contribution in [0.2, 0.25) is 0 Å². The second-order valence-electron chi connectivity index (χ2n) is 4.84. The van der Waals surface area contributed by atoms with Crippen molar-refractivity contribution in [3.05, 3.63) is 0 Å². The van der Waals surface area contributed by atoms with Crippen molar-refractivity contribution in [2.75, 3.05) is 26.2 Å². The number of urea groups is 1. The molecule has 0 aromatic rings. The van der Waals surface area contributed by atoms with E-state index < -0.39 is 5.97 Å². The molecular formula is C12H21N3O4. The quantitative estimate of drug-likeness (QED) is 0.743. The van der Waals surface area contributed by atoms with Gasteiger partial charge in [0.2, 0.25) is 5.91 Å². The van der Waals surface area contributed by atoms with Crippen molar-refractivity contribution in [1.82, 2.24) is 15.1 Å². The molecule has 1 fully saturated rings. The van der Waals surface area contributed by atoms with Crippen molar-refractivity contribution >= 4 is 17.9 Å². The van der Waals surface area contributed by atoms with Crippen LogP contribution in [0.1, 0.15) is 26.7 Å². The SMILES string of the molecule is CC(C)N(CCCC(=O)O)C(=O)N1CCNC(=O)C1. The van der Waals surface area contributed by atoms with E-state index in [-0.39, 0.29) is 30.9 Å². The Morgan fingerprint density at radius 3 is 2.68 bits per heavy atom. The van der Waals surface area contributed by atoms with E-state index in [9.17, 15) is 14.4 Å². The van der Waals surface area contributed by atoms with Crippen molar-refractivity contribution in [3.8, 4) is 0 Å². The van der Waals surface area contributed by atoms with E-state index in [1.54, 1.807) is 4.90 Å². The van der Waals surface area contributed by atoms with Crippen LogP contribution in [0.5, 0.6) is 0 Å². The second kappa shape index (κ2) is 6.96. The van der Waals surface area contributed by atoms with Crippen LogP contribution in [-0.4, -0.2) is 65.0 Å². The minimum atomic E-state index is -0.867. The average molecular weight is 271 g/mol. The van der Waals surface area contributed by atoms with E-state index in [0.717, 1.165) is 0 Å². The maximum absolute atomic E-state index is 12.3. The van der Waals surface area contributed by atoms with Crippen LogP contribution in [0.4, 0.5) is 4.79 Å². The third kappa shape index (κ3) is 4.76. The van der Waals surface area contributed by atoms with Crippen LogP contribution in [0.25, 0.3) is 0 Å². The van der Waals surface area contributed by atoms with Crippen LogP contribution in [-0.2, 0) is 9.59 Å². The van der Waals surface area contributed by atoms with Gasteiger partial charge in [0.05, 0.1) is 0 Å². The average Bonchev–Trinajstić information content (AvgIpc) is 2.33. The molecule has 1 heterocycles. The Balaban J connectivity index is 2.56. The number of hydrogen-bond acceptors (Lipinski definition) is 3. The summed E-state index contributed by atoms with van der Waals surface area (Å²) in [5, 5.41) is 11.3. The van der Waals surface area contributed by atoms with Gasteiger partial charge in [-0.1, -0.05) is 0 Å². The molecule has 1 saturated heterocycles. The number of nitrogens with zero attached hydrogens (tertiary/aromatic N) is 2. The second-order valence-corrected chi connectivity index (χ2v) is 4.84. The first kappa shape index (κ1) is 15.3. The molecule has 19 heavy (non-hydrogen) atoms. The van der Waals surface area contributed by atoms with Crippen molar-refractivity contribution < 1.29 is 19.5 Å². The summed E-state index contributed by atoms with van der Waals surface area (Å²) in [7, 11) is 0. The van der Waals surface area contributed by atoms with E-state index >= 15 is 0 Å². The van der Waals surface area contributed by atoms with E-state index in [0.29, 0.717) is 26.1 Å². The third-order valence-corrected chi connectivity index (χ3v) is 2.97. The molecule has 3 amide bonds. The Morgan fingerprint density at radius 1 is 1.47 bits per heavy atom. The Kier molecular flexibility index (Phi) is 5.59. The lowest BCUT2D eigenvalue weighted by Crippen LogP contribution is -2.55. The summed E-state index contributed by atoms with van der Waals surface area (Å²) in [4.78, 5) is 37.2. The molecule has 0 bridgehead atoms. The Morgan fingerprint density at radius 2 is 2.16 bits per heavy atom. The van der Waals surface area contributed by atoms with Gasteiger partial charge >= 0.3 is 12.0 Å². The molecule has 0 atom stereocenters. The largest absolute Gasteiger partial charge is 0.481 e. The molecule has 0 aliphatic carbocycles. The molecule has 7 nitrogen and oxygen atoms in total. The topological polar surface area (TPSA) is 90.0 Å². The Hall–Kier alpha value is -1.79. The number of carboxylic acid groups (broad SMARTS) is 1. The highest BCUT2D eigenvalue weighted by atomic mass is 16.4. The summed E-state index contributed by atoms with van der Waals surface area (Å²) in [6, 6.07) is -0.221. The fourth-order valence-electron chi connectivity index (χ4n) is 1.96. The van der Waals surface area contributed by atoms with Crippen LogP contribution in [0.3, 0.4) is 0 Å². The monoisotopic (exact) mass is 271 g/mol. The maximum atomic E-state index is 12.3. The summed E-state index contributed by atoms with van der Waals surface area (Å²) in [5.74, 6) is -1.03. The fourth-order valence-corrected chi connectivity index (χ4v) is 1.96. The van der Waals surface area contributed by atoms with Crippen molar-refractivity contribution in [2.24, 2.45) is 0 Å². The summed E-state index contributed by atoms with van der Waals surface area (Å²) in [6.07, 6.45) is 0.455. The van der Waals surface area contributed by atoms with Crippen molar-refractivity contribution in [2.45, 2.75) is 32.7 Å². The number of amides is 3. The highest BCUT2D eigenvalue weighted by Gasteiger charge is 2.26. The molecule has 1 aliphatic heterocycles. The molecule has 7 heteroatoms. The molecule has 0 spiro atoms. The minimum Gasteiger partial charge on any atom is -0.481 e. The molecule has 2 N–H and O–H groups in total. The number of carbonyl (C=O) groups is 3. The van der Waals surface area contributed by atoms with E-state index in [2.05, 4.69) is 5.32 Å². The van der Waals surface area contributed by atoms with Crippen LogP contribution >= 0.6 is 0 Å². The fraction of sp³-hybridized carbons (Fsp3) is 0.750. The molecule has 0 saturated carbocycles. The first-order chi connectivity index (χ1) is 8.91. The number of carboxylic acids is 1. The standard InChI is InChI=1S/C12H21N3O4/c1-9(2)15(6-3-4-11(17)18)12(19)14-7-5-13-10(16)8-14/h9H,3-8H2,1-2H3,(H,13,16)(H,17,18). The molecule has 0 aromatic heterocycles. The van der Waals surface area contributed by atoms with Crippen molar-refractivity contribution in [1.29, 1.82) is 0 Å². The Bertz CT molecular complexity index is 357. The predicted molar refractivity (Wildman–Crippen MR) is 68.7 cm³/mol. The van der Waals surface area contributed by atoms with Gasteiger partial charge in [0, 0.05) is 32.1 Å². The van der Waals surface area contributed by atoms with Gasteiger partial charge in [-0.05, 0) is 20.3 Å². The zero-order valence-corrected chi connectivity index (χ0v) is 11.4. The molecule has 1 aliphatic rings. The number of carbonyl (C=O) groups excluding carboxylic acids is 2. The van der Waals surface area contributed by atoms with Crippen LogP contribution < -0.4 is 5.32 Å². The van der Waals surface area contributed by atoms with Gasteiger partial charge in [-0.3, -0.25) is 9.59 Å². The van der Waals surface area contributed by atoms with Crippen molar-refractivity contribution in [3.63, 3.8) is 0 Å². The number of aliphatic carboxylic acids is 1. The lowest BCUT2D eigenvalue weighted by atomic mass is 10.2. The van der Waals surface area contributed by atoms with Crippen LogP contribution in [0.15, 0.2) is 0 Å². The summed E-state index contributed by atoms with van der Waals surface area (Å²) in [5.41, 5.74) is 0. The summed E-state index contributed by atoms with van der Waals surface area (Å²) >= 11 is 0. The maximum Gasteiger partial charge on any atom is 0.320 e. The number of rotatable bonds is 5. The lowest BCUT2D eigenvalue weighted by molar-refractivity contribution is -0.137. The van der Waals surface area contributed by atoms with E-state index in [1.165, 1.54) is 4.90 Å². The van der Waals surface area contributed by atoms with Gasteiger partial charge in [-0.25, -0.2) is 4.79 Å². The molecular weight excluding hydrogens is 250 g/mol. The minimum absolute atomic E-state index is 0.0220. The molecule has 0 radical (unpaired) electrons. The molecule has 108 valence electrons. The number of nitrogens with one attached hydrogen (secondary N) is 1. The highest BCUT2D eigenvalue weighted by Crippen LogP contribution is 2.08. The first-order valence-corrected chi connectivity index (χ1v) is 6.46. The van der Waals surface area contributed by atoms with E-state index in [1.807, 2.05) is 13.8 Å². The van der Waals surface area contributed by atoms with Gasteiger partial charge in [0.1, 0.15) is 6.54 Å². The van der Waals surface area contributed by atoms with Gasteiger partial charge in [0.15, 0.2) is 0 Å². The smallest absolute Gasteiger partial charge is 0.320 e. The number of hydrogen-bond donors (Lipinski definition) is 2. The Labute approximate surface area is 112 Å². The van der Waals surface area contributed by atoms with Gasteiger partial charge < -0.3 is 20.2 Å². The van der Waals surface area contributed by atoms with Crippen LogP contribution in [0, 0.1) is 0 Å². The number of piperazine rings is 1.